The van der Waals surface area contributed by atoms with E-state index in [0.29, 0.717) is 0 Å². The highest BCUT2D eigenvalue weighted by atomic mass is 35.5. The Kier molecular flexibility index (Phi) is 7.48. The standard InChI is InChI=1S/C18H18ClN3O7S/c1-11-3-6-14(7-4-11)30(27,28)21-12(2)18(24)29-10-17(23)20-13-5-8-15(19)16(9-13)22(25)26/h3-9,12,21H,10H2,1-2H3,(H,20,23). The molecule has 0 aliphatic carbocycles. The van der Waals surface area contributed by atoms with E-state index in [4.69, 9.17) is 16.3 Å². The summed E-state index contributed by atoms with van der Waals surface area (Å²) in [5.41, 5.74) is 0.560. The maximum atomic E-state index is 12.3. The van der Waals surface area contributed by atoms with Gasteiger partial charge in [-0.2, -0.15) is 4.72 Å². The van der Waals surface area contributed by atoms with Crippen molar-refractivity contribution in [2.75, 3.05) is 11.9 Å². The molecule has 12 heteroatoms. The number of rotatable bonds is 8. The molecule has 0 saturated heterocycles. The third kappa shape index (κ3) is 6.24. The van der Waals surface area contributed by atoms with E-state index in [9.17, 15) is 28.1 Å². The molecule has 0 fully saturated rings. The summed E-state index contributed by atoms with van der Waals surface area (Å²) in [5, 5.41) is 13.1. The van der Waals surface area contributed by atoms with E-state index in [1.165, 1.54) is 31.2 Å². The number of nitrogens with zero attached hydrogens (tertiary/aromatic N) is 1. The molecule has 0 saturated carbocycles. The number of benzene rings is 2. The molecule has 160 valence electrons. The monoisotopic (exact) mass is 455 g/mol. The quantitative estimate of drug-likeness (QED) is 0.353. The minimum absolute atomic E-state index is 0.0187. The molecule has 0 spiro atoms. The van der Waals surface area contributed by atoms with Crippen LogP contribution in [0, 0.1) is 17.0 Å². The van der Waals surface area contributed by atoms with Crippen molar-refractivity contribution >= 4 is 44.9 Å². The van der Waals surface area contributed by atoms with Crippen molar-refractivity contribution in [3.8, 4) is 0 Å². The van der Waals surface area contributed by atoms with Gasteiger partial charge >= 0.3 is 5.97 Å². The van der Waals surface area contributed by atoms with Crippen LogP contribution in [0.15, 0.2) is 47.4 Å². The van der Waals surface area contributed by atoms with Crippen molar-refractivity contribution in [1.29, 1.82) is 0 Å². The first-order valence-electron chi connectivity index (χ1n) is 8.49. The fourth-order valence-electron chi connectivity index (χ4n) is 2.26. The second kappa shape index (κ2) is 9.65. The molecular weight excluding hydrogens is 438 g/mol. The molecular formula is C18H18ClN3O7S. The Balaban J connectivity index is 1.91. The molecule has 0 aliphatic heterocycles. The van der Waals surface area contributed by atoms with E-state index >= 15 is 0 Å². The molecule has 0 bridgehead atoms. The summed E-state index contributed by atoms with van der Waals surface area (Å²) < 4.78 is 31.5. The van der Waals surface area contributed by atoms with Gasteiger partial charge in [-0.05, 0) is 38.1 Å². The first kappa shape index (κ1) is 23.3. The highest BCUT2D eigenvalue weighted by molar-refractivity contribution is 7.89. The van der Waals surface area contributed by atoms with E-state index in [1.54, 1.807) is 19.1 Å². The highest BCUT2D eigenvalue weighted by Crippen LogP contribution is 2.27. The largest absolute Gasteiger partial charge is 0.454 e. The summed E-state index contributed by atoms with van der Waals surface area (Å²) in [6, 6.07) is 8.41. The zero-order valence-electron chi connectivity index (χ0n) is 15.9. The van der Waals surface area contributed by atoms with Gasteiger partial charge in [0.05, 0.1) is 9.82 Å². The molecule has 1 amide bonds. The van der Waals surface area contributed by atoms with Gasteiger partial charge < -0.3 is 10.1 Å². The van der Waals surface area contributed by atoms with Crippen molar-refractivity contribution in [1.82, 2.24) is 4.72 Å². The van der Waals surface area contributed by atoms with Crippen LogP contribution in [0.4, 0.5) is 11.4 Å². The van der Waals surface area contributed by atoms with Gasteiger partial charge in [-0.3, -0.25) is 19.7 Å². The number of anilines is 1. The molecule has 30 heavy (non-hydrogen) atoms. The lowest BCUT2D eigenvalue weighted by molar-refractivity contribution is -0.384. The van der Waals surface area contributed by atoms with Crippen LogP contribution in [0.3, 0.4) is 0 Å². The molecule has 0 radical (unpaired) electrons. The first-order valence-corrected chi connectivity index (χ1v) is 10.3. The third-order valence-corrected chi connectivity index (χ3v) is 5.67. The number of nitro groups is 1. The Morgan fingerprint density at radius 1 is 1.20 bits per heavy atom. The number of carbonyl (C=O) groups excluding carboxylic acids is 2. The summed E-state index contributed by atoms with van der Waals surface area (Å²) in [7, 11) is -3.95. The number of nitrogens with one attached hydrogen (secondary N) is 2. The van der Waals surface area contributed by atoms with E-state index in [1.807, 2.05) is 0 Å². The molecule has 2 N–H and O–H groups in total. The van der Waals surface area contributed by atoms with E-state index in [-0.39, 0.29) is 15.6 Å². The normalized spacial score (nSPS) is 12.1. The predicted octanol–water partition coefficient (Wildman–Crippen LogP) is 2.41. The molecule has 0 heterocycles. The van der Waals surface area contributed by atoms with Crippen LogP contribution in [-0.2, 0) is 24.3 Å². The van der Waals surface area contributed by atoms with Gasteiger partial charge in [-0.25, -0.2) is 8.42 Å². The molecule has 10 nitrogen and oxygen atoms in total. The van der Waals surface area contributed by atoms with Crippen molar-refractivity contribution in [2.24, 2.45) is 0 Å². The summed E-state index contributed by atoms with van der Waals surface area (Å²) in [4.78, 5) is 34.1. The van der Waals surface area contributed by atoms with E-state index in [2.05, 4.69) is 10.0 Å². The number of aryl methyl sites for hydroxylation is 1. The molecule has 2 aromatic carbocycles. The van der Waals surface area contributed by atoms with Gasteiger partial charge in [-0.1, -0.05) is 29.3 Å². The molecule has 2 rings (SSSR count). The molecule has 0 aromatic heterocycles. The number of ether oxygens (including phenoxy) is 1. The van der Waals surface area contributed by atoms with Crippen LogP contribution in [0.2, 0.25) is 5.02 Å². The summed E-state index contributed by atoms with van der Waals surface area (Å²) in [6.07, 6.45) is 0. The van der Waals surface area contributed by atoms with Crippen LogP contribution in [-0.4, -0.2) is 37.9 Å². The number of amides is 1. The lowest BCUT2D eigenvalue weighted by atomic mass is 10.2. The number of carbonyl (C=O) groups is 2. The second-order valence-electron chi connectivity index (χ2n) is 6.24. The van der Waals surface area contributed by atoms with Gasteiger partial charge in [-0.15, -0.1) is 0 Å². The Morgan fingerprint density at radius 3 is 2.43 bits per heavy atom. The molecule has 1 atom stereocenters. The van der Waals surface area contributed by atoms with Gasteiger partial charge in [0.15, 0.2) is 6.61 Å². The van der Waals surface area contributed by atoms with Crippen molar-refractivity contribution in [3.63, 3.8) is 0 Å². The van der Waals surface area contributed by atoms with Crippen LogP contribution >= 0.6 is 11.6 Å². The Bertz CT molecular complexity index is 1070. The topological polar surface area (TPSA) is 145 Å². The maximum Gasteiger partial charge on any atom is 0.324 e. The van der Waals surface area contributed by atoms with Gasteiger partial charge in [0.25, 0.3) is 11.6 Å². The fraction of sp³-hybridized carbons (Fsp3) is 0.222. The minimum atomic E-state index is -3.95. The van der Waals surface area contributed by atoms with Crippen molar-refractivity contribution < 1.29 is 27.7 Å². The van der Waals surface area contributed by atoms with Gasteiger partial charge in [0.1, 0.15) is 11.1 Å². The average Bonchev–Trinajstić information content (AvgIpc) is 2.67. The smallest absolute Gasteiger partial charge is 0.324 e. The van der Waals surface area contributed by atoms with Crippen molar-refractivity contribution in [2.45, 2.75) is 24.8 Å². The lowest BCUT2D eigenvalue weighted by Crippen LogP contribution is -2.40. The Labute approximate surface area is 177 Å². The second-order valence-corrected chi connectivity index (χ2v) is 8.36. The molecule has 0 aliphatic rings. The third-order valence-electron chi connectivity index (χ3n) is 3.79. The zero-order chi connectivity index (χ0) is 22.5. The number of sulfonamides is 1. The molecule has 2 aromatic rings. The molecule has 1 unspecified atom stereocenters. The van der Waals surface area contributed by atoms with Gasteiger partial charge in [0.2, 0.25) is 10.0 Å². The Morgan fingerprint density at radius 2 is 1.83 bits per heavy atom. The first-order chi connectivity index (χ1) is 14.0. The number of hydrogen-bond donors (Lipinski definition) is 2. The van der Waals surface area contributed by atoms with Crippen LogP contribution in [0.25, 0.3) is 0 Å². The van der Waals surface area contributed by atoms with Crippen LogP contribution < -0.4 is 10.0 Å². The van der Waals surface area contributed by atoms with Crippen LogP contribution in [0.1, 0.15) is 12.5 Å². The average molecular weight is 456 g/mol. The maximum absolute atomic E-state index is 12.3. The number of halogens is 1. The SMILES string of the molecule is Cc1ccc(S(=O)(=O)NC(C)C(=O)OCC(=O)Nc2ccc(Cl)c([N+](=O)[O-])c2)cc1. The van der Waals surface area contributed by atoms with E-state index < -0.39 is 45.2 Å². The summed E-state index contributed by atoms with van der Waals surface area (Å²) >= 11 is 5.69. The van der Waals surface area contributed by atoms with Gasteiger partial charge in [0, 0.05) is 11.8 Å². The van der Waals surface area contributed by atoms with Crippen molar-refractivity contribution in [3.05, 3.63) is 63.2 Å². The number of nitro benzene ring substituents is 1. The number of esters is 1. The summed E-state index contributed by atoms with van der Waals surface area (Å²) in [5.74, 6) is -1.74. The summed E-state index contributed by atoms with van der Waals surface area (Å²) in [6.45, 7) is 2.36. The minimum Gasteiger partial charge on any atom is -0.454 e. The number of hydrogen-bond acceptors (Lipinski definition) is 7. The predicted molar refractivity (Wildman–Crippen MR) is 109 cm³/mol. The fourth-order valence-corrected chi connectivity index (χ4v) is 3.63. The van der Waals surface area contributed by atoms with Crippen LogP contribution in [0.5, 0.6) is 0 Å². The van der Waals surface area contributed by atoms with E-state index in [0.717, 1.165) is 11.6 Å². The zero-order valence-corrected chi connectivity index (χ0v) is 17.5. The Hall–Kier alpha value is -3.02. The highest BCUT2D eigenvalue weighted by Gasteiger charge is 2.24. The lowest BCUT2D eigenvalue weighted by Gasteiger charge is -2.14.